The molecule has 1 aliphatic carbocycles. The SMILES string of the molecule is Cc1ncsc1-c1ccc(C(C)NC(=O)C2CC(O)CN2C(=O)C(NC(=O)CCCCCCC(=O)NC2CC(C)CC(c3ccncc3NC(=O)c3ccc(F)c(-c4c(F)cccc4F)n3)C2)C(C)(C)C)cc1. The summed E-state index contributed by atoms with van der Waals surface area (Å²) in [6.07, 6.45) is 7.50. The van der Waals surface area contributed by atoms with Crippen LogP contribution in [0.2, 0.25) is 0 Å². The molecule has 0 radical (unpaired) electrons. The zero-order valence-electron chi connectivity index (χ0n) is 42.1. The predicted molar refractivity (Wildman–Crippen MR) is 273 cm³/mol. The fourth-order valence-electron chi connectivity index (χ4n) is 9.97. The van der Waals surface area contributed by atoms with Gasteiger partial charge in [-0.3, -0.25) is 29.0 Å². The van der Waals surface area contributed by atoms with Crippen molar-refractivity contribution in [3.05, 3.63) is 119 Å². The first kappa shape index (κ1) is 54.2. The van der Waals surface area contributed by atoms with Gasteiger partial charge in [-0.15, -0.1) is 11.3 Å². The van der Waals surface area contributed by atoms with Gasteiger partial charge in [0.2, 0.25) is 23.6 Å². The Labute approximate surface area is 428 Å². The lowest BCUT2D eigenvalue weighted by Gasteiger charge is -2.35. The van der Waals surface area contributed by atoms with Crippen molar-refractivity contribution in [2.24, 2.45) is 11.3 Å². The molecule has 0 spiro atoms. The monoisotopic (exact) mass is 1020 g/mol. The summed E-state index contributed by atoms with van der Waals surface area (Å²) in [6.45, 7) is 11.5. The minimum Gasteiger partial charge on any atom is -0.391 e. The van der Waals surface area contributed by atoms with Gasteiger partial charge >= 0.3 is 0 Å². The van der Waals surface area contributed by atoms with Crippen molar-refractivity contribution >= 4 is 46.6 Å². The van der Waals surface area contributed by atoms with E-state index in [1.807, 2.05) is 58.9 Å². The Hall–Kier alpha value is -6.53. The van der Waals surface area contributed by atoms with Crippen LogP contribution < -0.4 is 21.3 Å². The van der Waals surface area contributed by atoms with Crippen LogP contribution in [0.25, 0.3) is 21.7 Å². The molecule has 3 aromatic heterocycles. The third-order valence-corrected chi connectivity index (χ3v) is 14.7. The van der Waals surface area contributed by atoms with E-state index < -0.39 is 64.1 Å². The highest BCUT2D eigenvalue weighted by Crippen LogP contribution is 2.39. The number of aliphatic hydroxyl groups is 1. The largest absolute Gasteiger partial charge is 0.391 e. The molecule has 2 aromatic carbocycles. The second-order valence-corrected chi connectivity index (χ2v) is 21.5. The van der Waals surface area contributed by atoms with Gasteiger partial charge in [0.25, 0.3) is 5.91 Å². The van der Waals surface area contributed by atoms with E-state index in [0.717, 1.165) is 70.4 Å². The number of nitrogens with one attached hydrogen (secondary N) is 4. The van der Waals surface area contributed by atoms with Crippen LogP contribution >= 0.6 is 11.3 Å². The van der Waals surface area contributed by atoms with Crippen LogP contribution in [0.15, 0.2) is 78.6 Å². The number of pyridine rings is 2. The molecular weight excluding hydrogens is 958 g/mol. The van der Waals surface area contributed by atoms with E-state index in [1.165, 1.54) is 11.1 Å². The van der Waals surface area contributed by atoms with E-state index in [0.29, 0.717) is 44.2 Å². The number of halogens is 3. The zero-order chi connectivity index (χ0) is 52.6. The van der Waals surface area contributed by atoms with E-state index in [4.69, 9.17) is 0 Å². The average Bonchev–Trinajstić information content (AvgIpc) is 3.96. The van der Waals surface area contributed by atoms with Crippen molar-refractivity contribution in [2.45, 2.75) is 142 Å². The van der Waals surface area contributed by atoms with E-state index in [9.17, 15) is 42.3 Å². The number of aliphatic hydroxyl groups excluding tert-OH is 1. The predicted octanol–water partition coefficient (Wildman–Crippen LogP) is 9.34. The van der Waals surface area contributed by atoms with Gasteiger partial charge in [-0.1, -0.05) is 70.9 Å². The van der Waals surface area contributed by atoms with Crippen LogP contribution in [-0.4, -0.2) is 85.3 Å². The molecule has 1 saturated carbocycles. The molecule has 1 saturated heterocycles. The van der Waals surface area contributed by atoms with Gasteiger partial charge in [0.05, 0.1) is 45.7 Å². The standard InChI is InChI=1S/C55H65F3N8O6S/c1-31-24-36(39-22-23-59-28-44(39)64-52(70)43-21-20-42(58)49(63-43)48-40(56)12-11-13-41(48)57)26-37(25-31)62-46(68)14-9-7-8-10-15-47(69)65-51(55(4,5)6)54(72)66-29-38(67)27-45(66)53(71)61-32(2)34-16-18-35(19-17-34)50-33(3)60-30-73-50/h11-13,16-23,28,30-32,36-38,45,51,67H,7-10,14-15,24-27,29H2,1-6H3,(H,61,71)(H,62,68)(H,64,70)(H,65,69). The van der Waals surface area contributed by atoms with Crippen molar-refractivity contribution in [1.29, 1.82) is 0 Å². The summed E-state index contributed by atoms with van der Waals surface area (Å²) in [5, 5.41) is 22.6. The van der Waals surface area contributed by atoms with Crippen molar-refractivity contribution in [2.75, 3.05) is 11.9 Å². The second-order valence-electron chi connectivity index (χ2n) is 20.6. The highest BCUT2D eigenvalue weighted by molar-refractivity contribution is 7.13. The van der Waals surface area contributed by atoms with E-state index in [-0.39, 0.29) is 66.7 Å². The first-order valence-electron chi connectivity index (χ1n) is 25.0. The molecule has 2 fully saturated rings. The van der Waals surface area contributed by atoms with Crippen LogP contribution in [0.4, 0.5) is 18.9 Å². The summed E-state index contributed by atoms with van der Waals surface area (Å²) < 4.78 is 43.8. The summed E-state index contributed by atoms with van der Waals surface area (Å²) in [5.74, 6) is -4.73. The number of thiazole rings is 1. The molecule has 4 heterocycles. The van der Waals surface area contributed by atoms with Crippen molar-refractivity contribution in [3.63, 3.8) is 0 Å². The molecule has 0 bridgehead atoms. The number of nitrogens with zero attached hydrogens (tertiary/aromatic N) is 4. The van der Waals surface area contributed by atoms with Gasteiger partial charge in [0, 0.05) is 38.0 Å². The number of anilines is 1. The molecular formula is C55H65F3N8O6S. The topological polar surface area (TPSA) is 196 Å². The summed E-state index contributed by atoms with van der Waals surface area (Å²) >= 11 is 1.56. The maximum absolute atomic E-state index is 14.8. The summed E-state index contributed by atoms with van der Waals surface area (Å²) in [7, 11) is 0. The molecule has 7 rings (SSSR count). The first-order valence-corrected chi connectivity index (χ1v) is 25.9. The zero-order valence-corrected chi connectivity index (χ0v) is 43.0. The molecule has 73 heavy (non-hydrogen) atoms. The summed E-state index contributed by atoms with van der Waals surface area (Å²) in [5.41, 5.74) is 3.65. The van der Waals surface area contributed by atoms with Crippen molar-refractivity contribution in [1.82, 2.24) is 35.8 Å². The van der Waals surface area contributed by atoms with Gasteiger partial charge in [-0.05, 0) is 110 Å². The number of likely N-dealkylation sites (tertiary alicyclic amines) is 1. The number of hydrogen-bond donors (Lipinski definition) is 5. The number of aryl methyl sites for hydroxylation is 1. The fraction of sp³-hybridized carbons (Fsp3) is 0.455. The van der Waals surface area contributed by atoms with Crippen LogP contribution in [-0.2, 0) is 19.2 Å². The summed E-state index contributed by atoms with van der Waals surface area (Å²) in [6, 6.07) is 12.6. The number of carbonyl (C=O) groups is 5. The minimum atomic E-state index is -1.01. The first-order chi connectivity index (χ1) is 34.8. The lowest BCUT2D eigenvalue weighted by Crippen LogP contribution is -2.57. The van der Waals surface area contributed by atoms with Gasteiger partial charge < -0.3 is 31.3 Å². The van der Waals surface area contributed by atoms with Gasteiger partial charge in [0.1, 0.15) is 40.9 Å². The van der Waals surface area contributed by atoms with E-state index in [2.05, 4.69) is 43.1 Å². The van der Waals surface area contributed by atoms with Gasteiger partial charge in [0.15, 0.2) is 0 Å². The Morgan fingerprint density at radius 1 is 0.849 bits per heavy atom. The lowest BCUT2D eigenvalue weighted by molar-refractivity contribution is -0.144. The smallest absolute Gasteiger partial charge is 0.274 e. The fourth-order valence-corrected chi connectivity index (χ4v) is 10.8. The Bertz CT molecular complexity index is 2770. The minimum absolute atomic E-state index is 0.0259. The molecule has 5 N–H and O–H groups in total. The Balaban J connectivity index is 0.851. The third-order valence-electron chi connectivity index (χ3n) is 13.7. The molecule has 388 valence electrons. The van der Waals surface area contributed by atoms with Crippen LogP contribution in [0.1, 0.15) is 138 Å². The molecule has 7 atom stereocenters. The number of rotatable bonds is 18. The van der Waals surface area contributed by atoms with Crippen molar-refractivity contribution in [3.8, 4) is 21.7 Å². The van der Waals surface area contributed by atoms with Gasteiger partial charge in [-0.2, -0.15) is 0 Å². The molecule has 5 amide bonds. The number of aromatic nitrogens is 3. The van der Waals surface area contributed by atoms with Crippen molar-refractivity contribution < 1.29 is 42.3 Å². The summed E-state index contributed by atoms with van der Waals surface area (Å²) in [4.78, 5) is 82.8. The quantitative estimate of drug-likeness (QED) is 0.0532. The maximum atomic E-state index is 14.8. The average molecular weight is 1020 g/mol. The molecule has 18 heteroatoms. The molecule has 5 aromatic rings. The number of benzene rings is 2. The molecule has 7 unspecified atom stereocenters. The van der Waals surface area contributed by atoms with Crippen LogP contribution in [0, 0.1) is 35.7 Å². The second kappa shape index (κ2) is 24.0. The highest BCUT2D eigenvalue weighted by Gasteiger charge is 2.45. The molecule has 2 aliphatic rings. The highest BCUT2D eigenvalue weighted by atomic mass is 32.1. The lowest BCUT2D eigenvalue weighted by atomic mass is 9.76. The van der Waals surface area contributed by atoms with E-state index in [1.54, 1.807) is 29.1 Å². The number of amides is 5. The molecule has 14 nitrogen and oxygen atoms in total. The Morgan fingerprint density at radius 2 is 1.55 bits per heavy atom. The number of β-amino-alcohol motifs (C(OH)–C–C–N with tert-alkyl or cyclic N) is 1. The normalized spacial score (nSPS) is 19.7. The Morgan fingerprint density at radius 3 is 2.22 bits per heavy atom. The van der Waals surface area contributed by atoms with Crippen LogP contribution in [0.3, 0.4) is 0 Å². The van der Waals surface area contributed by atoms with E-state index >= 15 is 0 Å². The Kier molecular flexibility index (Phi) is 17.8. The third kappa shape index (κ3) is 13.8. The molecule has 1 aliphatic heterocycles. The van der Waals surface area contributed by atoms with Crippen LogP contribution in [0.5, 0.6) is 0 Å². The van der Waals surface area contributed by atoms with Gasteiger partial charge in [-0.25, -0.2) is 23.1 Å². The maximum Gasteiger partial charge on any atom is 0.274 e. The number of carbonyl (C=O) groups excluding carboxylic acids is 5. The number of unbranched alkanes of at least 4 members (excludes halogenated alkanes) is 3. The number of hydrogen-bond acceptors (Lipinski definition) is 10.